The number of rotatable bonds is 6. The number of hydrogen-bond donors (Lipinski definition) is 2. The number of carbonyl (C=O) groups is 1. The maximum absolute atomic E-state index is 13.0. The van der Waals surface area contributed by atoms with Gasteiger partial charge in [-0.05, 0) is 36.6 Å². The van der Waals surface area contributed by atoms with Crippen molar-refractivity contribution < 1.29 is 9.18 Å². The number of benzene rings is 2. The molecular weight excluding hydrogens is 255 g/mol. The van der Waals surface area contributed by atoms with E-state index in [4.69, 9.17) is 0 Å². The van der Waals surface area contributed by atoms with Crippen molar-refractivity contribution in [2.75, 3.05) is 6.54 Å². The lowest BCUT2D eigenvalue weighted by Gasteiger charge is -2.07. The van der Waals surface area contributed by atoms with Crippen molar-refractivity contribution in [3.8, 4) is 0 Å². The summed E-state index contributed by atoms with van der Waals surface area (Å²) in [6, 6.07) is 15.8. The molecule has 104 valence electrons. The summed E-state index contributed by atoms with van der Waals surface area (Å²) in [5.74, 6) is -0.745. The summed E-state index contributed by atoms with van der Waals surface area (Å²) >= 11 is 0. The highest BCUT2D eigenvalue weighted by atomic mass is 19.1. The molecule has 0 aromatic heterocycles. The summed E-state index contributed by atoms with van der Waals surface area (Å²) in [6.45, 7) is 0.663. The topological polar surface area (TPSA) is 41.1 Å². The summed E-state index contributed by atoms with van der Waals surface area (Å²) in [6.07, 6.45) is 1.86. The van der Waals surface area contributed by atoms with Crippen LogP contribution in [0.1, 0.15) is 22.3 Å². The fourth-order valence-electron chi connectivity index (χ4n) is 1.87. The predicted molar refractivity (Wildman–Crippen MR) is 76.6 cm³/mol. The number of hydrazine groups is 1. The molecule has 2 rings (SSSR count). The highest BCUT2D eigenvalue weighted by Gasteiger charge is 2.04. The molecule has 0 saturated heterocycles. The van der Waals surface area contributed by atoms with Crippen LogP contribution in [-0.4, -0.2) is 12.5 Å². The smallest absolute Gasteiger partial charge is 0.265 e. The normalized spacial score (nSPS) is 10.2. The SMILES string of the molecule is O=C(NNCCCc1ccccc1)c1cccc(F)c1. The second kappa shape index (κ2) is 7.40. The van der Waals surface area contributed by atoms with Crippen LogP contribution in [0.4, 0.5) is 4.39 Å². The molecule has 0 bridgehead atoms. The highest BCUT2D eigenvalue weighted by Crippen LogP contribution is 2.03. The van der Waals surface area contributed by atoms with E-state index in [0.29, 0.717) is 12.1 Å². The molecule has 4 heteroatoms. The molecule has 2 aromatic rings. The van der Waals surface area contributed by atoms with E-state index in [1.165, 1.54) is 23.8 Å². The fourth-order valence-corrected chi connectivity index (χ4v) is 1.87. The van der Waals surface area contributed by atoms with E-state index < -0.39 is 5.82 Å². The first-order valence-corrected chi connectivity index (χ1v) is 6.58. The van der Waals surface area contributed by atoms with Crippen molar-refractivity contribution in [2.24, 2.45) is 0 Å². The van der Waals surface area contributed by atoms with Crippen molar-refractivity contribution in [1.29, 1.82) is 0 Å². The molecule has 0 spiro atoms. The van der Waals surface area contributed by atoms with Crippen LogP contribution in [0.2, 0.25) is 0 Å². The molecule has 0 aliphatic carbocycles. The Bertz CT molecular complexity index is 557. The van der Waals surface area contributed by atoms with Gasteiger partial charge in [-0.2, -0.15) is 0 Å². The molecule has 0 fully saturated rings. The Hall–Kier alpha value is -2.20. The second-order valence-electron chi connectivity index (χ2n) is 4.48. The predicted octanol–water partition coefficient (Wildman–Crippen LogP) is 2.69. The molecular formula is C16H17FN2O. The third-order valence-electron chi connectivity index (χ3n) is 2.90. The van der Waals surface area contributed by atoms with Crippen LogP contribution in [0.15, 0.2) is 54.6 Å². The van der Waals surface area contributed by atoms with Gasteiger partial charge in [0.1, 0.15) is 5.82 Å². The standard InChI is InChI=1S/C16H17FN2O/c17-15-10-4-9-14(12-15)16(20)19-18-11-5-8-13-6-2-1-3-7-13/h1-4,6-7,9-10,12,18H,5,8,11H2,(H,19,20). The average molecular weight is 272 g/mol. The van der Waals surface area contributed by atoms with Gasteiger partial charge in [-0.15, -0.1) is 0 Å². The molecule has 2 aromatic carbocycles. The van der Waals surface area contributed by atoms with E-state index in [9.17, 15) is 9.18 Å². The number of halogens is 1. The first-order chi connectivity index (χ1) is 9.75. The maximum Gasteiger partial charge on any atom is 0.265 e. The van der Waals surface area contributed by atoms with Gasteiger partial charge in [0.2, 0.25) is 0 Å². The van der Waals surface area contributed by atoms with Crippen molar-refractivity contribution in [3.63, 3.8) is 0 Å². The van der Waals surface area contributed by atoms with Gasteiger partial charge in [-0.3, -0.25) is 10.2 Å². The van der Waals surface area contributed by atoms with Gasteiger partial charge >= 0.3 is 0 Å². The van der Waals surface area contributed by atoms with Crippen molar-refractivity contribution in [1.82, 2.24) is 10.9 Å². The zero-order valence-electron chi connectivity index (χ0n) is 11.1. The molecule has 0 saturated carbocycles. The molecule has 0 radical (unpaired) electrons. The Morgan fingerprint density at radius 1 is 1.05 bits per heavy atom. The molecule has 0 atom stereocenters. The quantitative estimate of drug-likeness (QED) is 0.627. The molecule has 0 heterocycles. The highest BCUT2D eigenvalue weighted by molar-refractivity contribution is 5.93. The number of hydrogen-bond acceptors (Lipinski definition) is 2. The van der Waals surface area contributed by atoms with Gasteiger partial charge in [-0.1, -0.05) is 36.4 Å². The van der Waals surface area contributed by atoms with E-state index in [-0.39, 0.29) is 5.91 Å². The summed E-state index contributed by atoms with van der Waals surface area (Å²) in [5, 5.41) is 0. The second-order valence-corrected chi connectivity index (χ2v) is 4.48. The summed E-state index contributed by atoms with van der Waals surface area (Å²) in [5.41, 5.74) is 6.98. The minimum absolute atomic E-state index is 0.306. The summed E-state index contributed by atoms with van der Waals surface area (Å²) in [4.78, 5) is 11.7. The van der Waals surface area contributed by atoms with Crippen molar-refractivity contribution in [3.05, 3.63) is 71.5 Å². The summed E-state index contributed by atoms with van der Waals surface area (Å²) < 4.78 is 13.0. The molecule has 0 aliphatic heterocycles. The largest absolute Gasteiger partial charge is 0.287 e. The van der Waals surface area contributed by atoms with Crippen LogP contribution in [0.25, 0.3) is 0 Å². The Balaban J connectivity index is 1.67. The van der Waals surface area contributed by atoms with Gasteiger partial charge in [0.05, 0.1) is 0 Å². The molecule has 3 nitrogen and oxygen atoms in total. The van der Waals surface area contributed by atoms with E-state index >= 15 is 0 Å². The number of nitrogens with one attached hydrogen (secondary N) is 2. The summed E-state index contributed by atoms with van der Waals surface area (Å²) in [7, 11) is 0. The lowest BCUT2D eigenvalue weighted by molar-refractivity contribution is 0.0932. The Morgan fingerprint density at radius 2 is 1.85 bits per heavy atom. The van der Waals surface area contributed by atoms with E-state index in [1.54, 1.807) is 6.07 Å². The Labute approximate surface area is 117 Å². The number of aryl methyl sites for hydroxylation is 1. The lowest BCUT2D eigenvalue weighted by Crippen LogP contribution is -2.38. The van der Waals surface area contributed by atoms with Crippen LogP contribution in [0, 0.1) is 5.82 Å². The average Bonchev–Trinajstić information content (AvgIpc) is 2.48. The zero-order valence-corrected chi connectivity index (χ0v) is 11.1. The molecule has 1 amide bonds. The fraction of sp³-hybridized carbons (Fsp3) is 0.188. The molecule has 0 unspecified atom stereocenters. The lowest BCUT2D eigenvalue weighted by atomic mass is 10.1. The maximum atomic E-state index is 13.0. The third kappa shape index (κ3) is 4.48. The van der Waals surface area contributed by atoms with Crippen LogP contribution in [0.5, 0.6) is 0 Å². The molecule has 20 heavy (non-hydrogen) atoms. The van der Waals surface area contributed by atoms with Crippen molar-refractivity contribution >= 4 is 5.91 Å². The van der Waals surface area contributed by atoms with Gasteiger partial charge in [0.15, 0.2) is 0 Å². The first kappa shape index (κ1) is 14.2. The van der Waals surface area contributed by atoms with Crippen LogP contribution in [0.3, 0.4) is 0 Å². The number of carbonyl (C=O) groups excluding carboxylic acids is 1. The van der Waals surface area contributed by atoms with Crippen molar-refractivity contribution in [2.45, 2.75) is 12.8 Å². The minimum Gasteiger partial charge on any atom is -0.287 e. The van der Waals surface area contributed by atoms with Crippen LogP contribution < -0.4 is 10.9 Å². The van der Waals surface area contributed by atoms with Crippen LogP contribution in [-0.2, 0) is 6.42 Å². The van der Waals surface area contributed by atoms with Gasteiger partial charge in [0.25, 0.3) is 5.91 Å². The molecule has 0 aliphatic rings. The minimum atomic E-state index is -0.415. The first-order valence-electron chi connectivity index (χ1n) is 6.58. The van der Waals surface area contributed by atoms with E-state index in [2.05, 4.69) is 23.0 Å². The zero-order chi connectivity index (χ0) is 14.2. The third-order valence-corrected chi connectivity index (χ3v) is 2.90. The number of amides is 1. The molecule has 2 N–H and O–H groups in total. The van der Waals surface area contributed by atoms with Crippen LogP contribution >= 0.6 is 0 Å². The van der Waals surface area contributed by atoms with Gasteiger partial charge in [0, 0.05) is 12.1 Å². The van der Waals surface area contributed by atoms with E-state index in [0.717, 1.165) is 12.8 Å². The monoisotopic (exact) mass is 272 g/mol. The van der Waals surface area contributed by atoms with Gasteiger partial charge in [-0.25, -0.2) is 9.82 Å². The Morgan fingerprint density at radius 3 is 2.60 bits per heavy atom. The van der Waals surface area contributed by atoms with E-state index in [1.807, 2.05) is 18.2 Å². The van der Waals surface area contributed by atoms with Gasteiger partial charge < -0.3 is 0 Å². The Kier molecular flexibility index (Phi) is 5.26.